The number of carbonyl (C=O) groups is 1. The molecular formula is C27H28F2N4O. The number of rotatable bonds is 8. The van der Waals surface area contributed by atoms with Crippen LogP contribution in [0, 0.1) is 11.6 Å². The number of anilines is 1. The lowest BCUT2D eigenvalue weighted by molar-refractivity contribution is 0.0996. The van der Waals surface area contributed by atoms with Gasteiger partial charge < -0.3 is 15.2 Å². The molecule has 0 aliphatic rings. The molecular weight excluding hydrogens is 434 g/mol. The van der Waals surface area contributed by atoms with Crippen LogP contribution in [-0.4, -0.2) is 22.5 Å². The van der Waals surface area contributed by atoms with Crippen molar-refractivity contribution in [3.8, 4) is 0 Å². The topological polar surface area (TPSA) is 64.2 Å². The van der Waals surface area contributed by atoms with Gasteiger partial charge in [0, 0.05) is 31.2 Å². The van der Waals surface area contributed by atoms with E-state index < -0.39 is 5.91 Å². The summed E-state index contributed by atoms with van der Waals surface area (Å²) in [6.45, 7) is 5.08. The van der Waals surface area contributed by atoms with Crippen LogP contribution in [0.15, 0.2) is 54.6 Å². The number of amides is 1. The third kappa shape index (κ3) is 4.51. The molecule has 2 heterocycles. The van der Waals surface area contributed by atoms with E-state index in [0.29, 0.717) is 18.9 Å². The Labute approximate surface area is 197 Å². The van der Waals surface area contributed by atoms with Crippen molar-refractivity contribution < 1.29 is 13.6 Å². The van der Waals surface area contributed by atoms with E-state index in [2.05, 4.69) is 23.4 Å². The summed E-state index contributed by atoms with van der Waals surface area (Å²) in [6, 6.07) is 14.6. The first kappa shape index (κ1) is 23.4. The zero-order valence-electron chi connectivity index (χ0n) is 19.6. The molecule has 34 heavy (non-hydrogen) atoms. The van der Waals surface area contributed by atoms with Gasteiger partial charge in [0.1, 0.15) is 17.3 Å². The van der Waals surface area contributed by atoms with E-state index >= 15 is 0 Å². The van der Waals surface area contributed by atoms with Crippen LogP contribution in [-0.2, 0) is 25.9 Å². The summed E-state index contributed by atoms with van der Waals surface area (Å²) in [5.74, 6) is -0.588. The Morgan fingerprint density at radius 1 is 1.00 bits per heavy atom. The molecule has 0 aliphatic heterocycles. The van der Waals surface area contributed by atoms with E-state index in [4.69, 9.17) is 5.73 Å². The highest BCUT2D eigenvalue weighted by Gasteiger charge is 2.23. The second-order valence-corrected chi connectivity index (χ2v) is 8.42. The van der Waals surface area contributed by atoms with Gasteiger partial charge in [0.15, 0.2) is 5.82 Å². The molecule has 5 nitrogen and oxygen atoms in total. The number of pyridine rings is 1. The number of aryl methyl sites for hydroxylation is 1. The lowest BCUT2D eigenvalue weighted by atomic mass is 10.1. The summed E-state index contributed by atoms with van der Waals surface area (Å²) in [5, 5.41) is 0.917. The minimum absolute atomic E-state index is 0.189. The Bertz CT molecular complexity index is 1350. The number of hydrogen-bond donors (Lipinski definition) is 1. The van der Waals surface area contributed by atoms with E-state index in [1.54, 1.807) is 24.3 Å². The molecule has 0 bridgehead atoms. The summed E-state index contributed by atoms with van der Waals surface area (Å²) < 4.78 is 29.5. The third-order valence-electron chi connectivity index (χ3n) is 6.11. The predicted octanol–water partition coefficient (Wildman–Crippen LogP) is 5.22. The van der Waals surface area contributed by atoms with E-state index in [1.807, 2.05) is 18.0 Å². The van der Waals surface area contributed by atoms with Crippen LogP contribution >= 0.6 is 0 Å². The number of aromatic nitrogens is 2. The molecule has 2 N–H and O–H groups in total. The Balaban J connectivity index is 1.94. The van der Waals surface area contributed by atoms with Gasteiger partial charge in [-0.3, -0.25) is 4.79 Å². The second-order valence-electron chi connectivity index (χ2n) is 8.42. The number of nitrogens with zero attached hydrogens (tertiary/aromatic N) is 3. The quantitative estimate of drug-likeness (QED) is 0.390. The Morgan fingerprint density at radius 3 is 2.35 bits per heavy atom. The van der Waals surface area contributed by atoms with Gasteiger partial charge in [-0.2, -0.15) is 0 Å². The van der Waals surface area contributed by atoms with Gasteiger partial charge in [0.25, 0.3) is 5.91 Å². The Hall–Kier alpha value is -3.74. The van der Waals surface area contributed by atoms with Crippen molar-refractivity contribution in [1.29, 1.82) is 0 Å². The lowest BCUT2D eigenvalue weighted by Crippen LogP contribution is -2.22. The maximum absolute atomic E-state index is 13.9. The molecule has 2 aromatic heterocycles. The fourth-order valence-electron chi connectivity index (χ4n) is 4.60. The molecule has 176 valence electrons. The van der Waals surface area contributed by atoms with Gasteiger partial charge in [-0.15, -0.1) is 0 Å². The van der Waals surface area contributed by atoms with Crippen LogP contribution in [0.4, 0.5) is 14.6 Å². The van der Waals surface area contributed by atoms with Crippen molar-refractivity contribution in [2.24, 2.45) is 5.73 Å². The fourth-order valence-corrected chi connectivity index (χ4v) is 4.60. The number of nitrogens with two attached hydrogens (primary N) is 1. The SMILES string of the molecule is CCc1c(CC)n(Cc2cccc(F)c2)c2c(N(C)Cc3ccc(F)cc3)nc(C(N)=O)cc12. The van der Waals surface area contributed by atoms with E-state index in [-0.39, 0.29) is 17.3 Å². The van der Waals surface area contributed by atoms with Crippen LogP contribution in [0.3, 0.4) is 0 Å². The van der Waals surface area contributed by atoms with Gasteiger partial charge in [-0.05, 0) is 59.9 Å². The van der Waals surface area contributed by atoms with Crippen molar-refractivity contribution in [3.05, 3.63) is 94.3 Å². The predicted molar refractivity (Wildman–Crippen MR) is 131 cm³/mol. The van der Waals surface area contributed by atoms with Gasteiger partial charge >= 0.3 is 0 Å². The van der Waals surface area contributed by atoms with Crippen molar-refractivity contribution >= 4 is 22.6 Å². The first-order valence-corrected chi connectivity index (χ1v) is 11.4. The maximum atomic E-state index is 13.9. The van der Waals surface area contributed by atoms with Gasteiger partial charge in [-0.25, -0.2) is 13.8 Å². The molecule has 0 saturated carbocycles. The Kier molecular flexibility index (Phi) is 6.63. The largest absolute Gasteiger partial charge is 0.364 e. The number of hydrogen-bond acceptors (Lipinski definition) is 3. The molecule has 2 aromatic carbocycles. The number of primary amides is 1. The van der Waals surface area contributed by atoms with Crippen molar-refractivity contribution in [1.82, 2.24) is 9.55 Å². The van der Waals surface area contributed by atoms with E-state index in [0.717, 1.165) is 46.1 Å². The van der Waals surface area contributed by atoms with Crippen LogP contribution in [0.1, 0.15) is 46.7 Å². The molecule has 0 unspecified atom stereocenters. The third-order valence-corrected chi connectivity index (χ3v) is 6.11. The van der Waals surface area contributed by atoms with Gasteiger partial charge in [-0.1, -0.05) is 38.1 Å². The number of halogens is 2. The summed E-state index contributed by atoms with van der Waals surface area (Å²) in [6.07, 6.45) is 1.53. The average molecular weight is 463 g/mol. The summed E-state index contributed by atoms with van der Waals surface area (Å²) in [4.78, 5) is 18.7. The van der Waals surface area contributed by atoms with Gasteiger partial charge in [0.2, 0.25) is 0 Å². The molecule has 0 fully saturated rings. The van der Waals surface area contributed by atoms with Crippen molar-refractivity contribution in [2.75, 3.05) is 11.9 Å². The summed E-state index contributed by atoms with van der Waals surface area (Å²) in [5.41, 5.74) is 10.7. The smallest absolute Gasteiger partial charge is 0.267 e. The Morgan fingerprint density at radius 2 is 1.74 bits per heavy atom. The number of fused-ring (bicyclic) bond motifs is 1. The monoisotopic (exact) mass is 462 g/mol. The standard InChI is InChI=1S/C27H28F2N4O/c1-4-21-22-14-23(26(30)34)31-27(32(3)15-17-9-11-19(28)12-10-17)25(22)33(24(21)5-2)16-18-7-6-8-20(29)13-18/h6-14H,4-5,15-16H2,1-3H3,(H2,30,34). The van der Waals surface area contributed by atoms with E-state index in [1.165, 1.54) is 24.3 Å². The molecule has 0 aliphatic carbocycles. The van der Waals surface area contributed by atoms with Gasteiger partial charge in [0.05, 0.1) is 5.52 Å². The number of benzene rings is 2. The zero-order valence-corrected chi connectivity index (χ0v) is 19.6. The molecule has 4 aromatic rings. The lowest BCUT2D eigenvalue weighted by Gasteiger charge is -2.22. The first-order chi connectivity index (χ1) is 16.3. The normalized spacial score (nSPS) is 11.2. The zero-order chi connectivity index (χ0) is 24.4. The highest BCUT2D eigenvalue weighted by molar-refractivity contribution is 6.01. The van der Waals surface area contributed by atoms with Crippen LogP contribution < -0.4 is 10.6 Å². The molecule has 0 atom stereocenters. The number of carbonyl (C=O) groups excluding carboxylic acids is 1. The van der Waals surface area contributed by atoms with E-state index in [9.17, 15) is 13.6 Å². The molecule has 1 amide bonds. The van der Waals surface area contributed by atoms with Crippen LogP contribution in [0.25, 0.3) is 10.9 Å². The molecule has 4 rings (SSSR count). The molecule has 0 spiro atoms. The average Bonchev–Trinajstić information content (AvgIpc) is 3.12. The van der Waals surface area contributed by atoms with Crippen LogP contribution in [0.2, 0.25) is 0 Å². The fraction of sp³-hybridized carbons (Fsp3) is 0.259. The van der Waals surface area contributed by atoms with Crippen molar-refractivity contribution in [2.45, 2.75) is 39.8 Å². The highest BCUT2D eigenvalue weighted by atomic mass is 19.1. The molecule has 7 heteroatoms. The second kappa shape index (κ2) is 9.63. The summed E-state index contributed by atoms with van der Waals surface area (Å²) >= 11 is 0. The minimum atomic E-state index is -0.601. The molecule has 0 saturated heterocycles. The highest BCUT2D eigenvalue weighted by Crippen LogP contribution is 2.35. The minimum Gasteiger partial charge on any atom is -0.364 e. The van der Waals surface area contributed by atoms with Crippen LogP contribution in [0.5, 0.6) is 0 Å². The maximum Gasteiger partial charge on any atom is 0.267 e. The van der Waals surface area contributed by atoms with Crippen molar-refractivity contribution in [3.63, 3.8) is 0 Å². The molecule has 0 radical (unpaired) electrons. The summed E-state index contributed by atoms with van der Waals surface area (Å²) in [7, 11) is 1.88. The first-order valence-electron chi connectivity index (χ1n) is 11.4.